The Hall–Kier alpha value is -2.84. The van der Waals surface area contributed by atoms with Gasteiger partial charge in [0.1, 0.15) is 11.3 Å². The van der Waals surface area contributed by atoms with Crippen LogP contribution in [0.4, 0.5) is 10.8 Å². The number of hydrogen-bond donors (Lipinski definition) is 2. The predicted molar refractivity (Wildman–Crippen MR) is 113 cm³/mol. The molecule has 0 spiro atoms. The summed E-state index contributed by atoms with van der Waals surface area (Å²) in [6.45, 7) is 1.91. The van der Waals surface area contributed by atoms with E-state index in [9.17, 15) is 4.79 Å². The third-order valence-corrected chi connectivity index (χ3v) is 5.98. The fourth-order valence-electron chi connectivity index (χ4n) is 2.66. The number of furan rings is 1. The summed E-state index contributed by atoms with van der Waals surface area (Å²) in [5, 5.41) is 16.1. The van der Waals surface area contributed by atoms with Crippen LogP contribution in [-0.2, 0) is 4.79 Å². The number of carbonyl (C=O) groups is 1. The number of anilines is 2. The summed E-state index contributed by atoms with van der Waals surface area (Å²) in [5.74, 6) is 0.931. The van der Waals surface area contributed by atoms with Crippen molar-refractivity contribution in [2.75, 3.05) is 11.1 Å². The number of carbonyl (C=O) groups excluding carboxylic acids is 1. The van der Waals surface area contributed by atoms with E-state index in [4.69, 9.17) is 4.42 Å². The summed E-state index contributed by atoms with van der Waals surface area (Å²) < 4.78 is 6.54. The Balaban J connectivity index is 1.29. The summed E-state index contributed by atoms with van der Waals surface area (Å²) in [7, 11) is 0. The molecule has 1 amide bonds. The Morgan fingerprint density at radius 2 is 1.93 bits per heavy atom. The highest BCUT2D eigenvalue weighted by Gasteiger charge is 2.15. The van der Waals surface area contributed by atoms with Gasteiger partial charge in [-0.05, 0) is 31.2 Å². The highest BCUT2D eigenvalue weighted by atomic mass is 32.2. The van der Waals surface area contributed by atoms with Crippen LogP contribution in [-0.4, -0.2) is 21.9 Å². The molecule has 8 heteroatoms. The number of rotatable bonds is 7. The molecular formula is C20H18N4O2S2. The van der Waals surface area contributed by atoms with E-state index < -0.39 is 0 Å². The molecule has 4 aromatic rings. The number of amides is 1. The van der Waals surface area contributed by atoms with Gasteiger partial charge in [0.05, 0.1) is 11.8 Å². The van der Waals surface area contributed by atoms with Gasteiger partial charge in [-0.2, -0.15) is 0 Å². The second-order valence-electron chi connectivity index (χ2n) is 6.13. The van der Waals surface area contributed by atoms with E-state index in [2.05, 4.69) is 20.8 Å². The summed E-state index contributed by atoms with van der Waals surface area (Å²) in [6.07, 6.45) is 0. The molecular weight excluding hydrogens is 392 g/mol. The minimum absolute atomic E-state index is 0.0780. The maximum atomic E-state index is 12.3. The maximum Gasteiger partial charge on any atom is 0.231 e. The lowest BCUT2D eigenvalue weighted by molar-refractivity contribution is -0.119. The van der Waals surface area contributed by atoms with Crippen molar-refractivity contribution in [2.24, 2.45) is 0 Å². The molecule has 2 N–H and O–H groups in total. The molecule has 0 fully saturated rings. The monoisotopic (exact) mass is 410 g/mol. The topological polar surface area (TPSA) is 80.0 Å². The number of nitrogens with zero attached hydrogens (tertiary/aromatic N) is 2. The molecule has 0 saturated carbocycles. The zero-order valence-corrected chi connectivity index (χ0v) is 16.7. The second-order valence-corrected chi connectivity index (χ2v) is 8.33. The van der Waals surface area contributed by atoms with Gasteiger partial charge in [-0.3, -0.25) is 4.79 Å². The average molecular weight is 411 g/mol. The third kappa shape index (κ3) is 4.52. The summed E-state index contributed by atoms with van der Waals surface area (Å²) in [4.78, 5) is 12.3. The molecule has 2 aromatic carbocycles. The number of fused-ring (bicyclic) bond motifs is 1. The second kappa shape index (κ2) is 8.45. The van der Waals surface area contributed by atoms with E-state index in [0.29, 0.717) is 5.13 Å². The van der Waals surface area contributed by atoms with Crippen LogP contribution >= 0.6 is 23.1 Å². The highest BCUT2D eigenvalue weighted by molar-refractivity contribution is 8.01. The van der Waals surface area contributed by atoms with Crippen molar-refractivity contribution in [1.82, 2.24) is 15.5 Å². The van der Waals surface area contributed by atoms with Crippen LogP contribution in [0.25, 0.3) is 11.0 Å². The first-order chi connectivity index (χ1) is 13.7. The average Bonchev–Trinajstić information content (AvgIpc) is 3.34. The molecule has 0 bridgehead atoms. The van der Waals surface area contributed by atoms with Gasteiger partial charge >= 0.3 is 0 Å². The number of aromatic nitrogens is 2. The molecule has 1 atom stereocenters. The van der Waals surface area contributed by atoms with Crippen LogP contribution in [0.1, 0.15) is 18.7 Å². The standard InChI is InChI=1S/C20H18N4O2S2/c1-13(17-11-14-7-5-6-10-16(14)26-17)21-18(25)12-27-20-24-23-19(28-20)22-15-8-3-2-4-9-15/h2-11,13H,12H2,1H3,(H,21,25)(H,22,23)/t13-/m1/s1. The number of thioether (sulfide) groups is 1. The van der Waals surface area contributed by atoms with Crippen molar-refractivity contribution in [3.63, 3.8) is 0 Å². The number of nitrogens with one attached hydrogen (secondary N) is 2. The van der Waals surface area contributed by atoms with E-state index in [1.807, 2.05) is 67.6 Å². The minimum Gasteiger partial charge on any atom is -0.459 e. The van der Waals surface area contributed by atoms with Gasteiger partial charge in [0.2, 0.25) is 11.0 Å². The molecule has 0 unspecified atom stereocenters. The van der Waals surface area contributed by atoms with Crippen LogP contribution in [0, 0.1) is 0 Å². The Labute approximate surface area is 170 Å². The number of para-hydroxylation sites is 2. The molecule has 0 radical (unpaired) electrons. The molecule has 0 aliphatic carbocycles. The van der Waals surface area contributed by atoms with Gasteiger partial charge in [-0.1, -0.05) is 59.5 Å². The van der Waals surface area contributed by atoms with E-state index in [1.165, 1.54) is 23.1 Å². The first-order valence-corrected chi connectivity index (χ1v) is 10.5. The molecule has 28 heavy (non-hydrogen) atoms. The van der Waals surface area contributed by atoms with Gasteiger partial charge in [0.15, 0.2) is 4.34 Å². The molecule has 0 saturated heterocycles. The fourth-order valence-corrected chi connectivity index (χ4v) is 4.24. The van der Waals surface area contributed by atoms with E-state index >= 15 is 0 Å². The van der Waals surface area contributed by atoms with Crippen LogP contribution in [0.2, 0.25) is 0 Å². The molecule has 6 nitrogen and oxygen atoms in total. The van der Waals surface area contributed by atoms with E-state index in [-0.39, 0.29) is 17.7 Å². The maximum absolute atomic E-state index is 12.3. The first-order valence-electron chi connectivity index (χ1n) is 8.73. The van der Waals surface area contributed by atoms with Crippen molar-refractivity contribution in [1.29, 1.82) is 0 Å². The van der Waals surface area contributed by atoms with Crippen LogP contribution in [0.5, 0.6) is 0 Å². The number of hydrogen-bond acceptors (Lipinski definition) is 7. The molecule has 2 heterocycles. The summed E-state index contributed by atoms with van der Waals surface area (Å²) >= 11 is 2.78. The number of benzene rings is 2. The Bertz CT molecular complexity index is 1040. The van der Waals surface area contributed by atoms with Crippen LogP contribution in [0.15, 0.2) is 69.4 Å². The summed E-state index contributed by atoms with van der Waals surface area (Å²) in [6, 6.07) is 19.3. The van der Waals surface area contributed by atoms with Gasteiger partial charge in [0.25, 0.3) is 0 Å². The zero-order valence-electron chi connectivity index (χ0n) is 15.1. The molecule has 142 valence electrons. The van der Waals surface area contributed by atoms with Crippen molar-refractivity contribution in [3.05, 3.63) is 66.4 Å². The van der Waals surface area contributed by atoms with Crippen molar-refractivity contribution < 1.29 is 9.21 Å². The van der Waals surface area contributed by atoms with Crippen LogP contribution < -0.4 is 10.6 Å². The van der Waals surface area contributed by atoms with E-state index in [1.54, 1.807) is 0 Å². The lowest BCUT2D eigenvalue weighted by Gasteiger charge is -2.10. The SMILES string of the molecule is C[C@@H](NC(=O)CSc1nnc(Nc2ccccc2)s1)c1cc2ccccc2o1. The molecule has 4 rings (SSSR count). The normalized spacial score (nSPS) is 12.0. The Kier molecular flexibility index (Phi) is 5.59. The molecule has 2 aromatic heterocycles. The largest absolute Gasteiger partial charge is 0.459 e. The van der Waals surface area contributed by atoms with Gasteiger partial charge < -0.3 is 15.1 Å². The lowest BCUT2D eigenvalue weighted by Crippen LogP contribution is -2.27. The molecule has 0 aliphatic rings. The minimum atomic E-state index is -0.203. The lowest BCUT2D eigenvalue weighted by atomic mass is 10.2. The van der Waals surface area contributed by atoms with Gasteiger partial charge in [-0.25, -0.2) is 0 Å². The predicted octanol–water partition coefficient (Wildman–Crippen LogP) is 5.00. The van der Waals surface area contributed by atoms with Crippen molar-refractivity contribution in [2.45, 2.75) is 17.3 Å². The van der Waals surface area contributed by atoms with Gasteiger partial charge in [-0.15, -0.1) is 10.2 Å². The third-order valence-electron chi connectivity index (χ3n) is 4.01. The van der Waals surface area contributed by atoms with Crippen molar-refractivity contribution in [3.8, 4) is 0 Å². The zero-order chi connectivity index (χ0) is 19.3. The molecule has 0 aliphatic heterocycles. The first kappa shape index (κ1) is 18.5. The fraction of sp³-hybridized carbons (Fsp3) is 0.150. The highest BCUT2D eigenvalue weighted by Crippen LogP contribution is 2.28. The van der Waals surface area contributed by atoms with Crippen molar-refractivity contribution >= 4 is 50.8 Å². The van der Waals surface area contributed by atoms with E-state index in [0.717, 1.165) is 26.8 Å². The van der Waals surface area contributed by atoms with Crippen LogP contribution in [0.3, 0.4) is 0 Å². The Morgan fingerprint density at radius 3 is 2.75 bits per heavy atom. The Morgan fingerprint density at radius 1 is 1.14 bits per heavy atom. The quantitative estimate of drug-likeness (QED) is 0.418. The smallest absolute Gasteiger partial charge is 0.231 e. The summed E-state index contributed by atoms with van der Waals surface area (Å²) in [5.41, 5.74) is 1.77. The van der Waals surface area contributed by atoms with Gasteiger partial charge in [0, 0.05) is 11.1 Å².